The van der Waals surface area contributed by atoms with Crippen molar-refractivity contribution in [2.75, 3.05) is 19.1 Å². The van der Waals surface area contributed by atoms with E-state index in [0.717, 1.165) is 6.07 Å². The molecule has 0 bridgehead atoms. The van der Waals surface area contributed by atoms with Gasteiger partial charge < -0.3 is 14.6 Å². The number of Topliss-reactive ketones (excluding diaryl/α,β-unsaturated/α-hetero) is 1. The molecule has 1 unspecified atom stereocenters. The maximum atomic E-state index is 13.8. The second kappa shape index (κ2) is 8.96. The molecule has 1 amide bonds. The van der Waals surface area contributed by atoms with Gasteiger partial charge in [-0.1, -0.05) is 35.9 Å². The minimum atomic E-state index is -1.02. The lowest BCUT2D eigenvalue weighted by molar-refractivity contribution is -0.132. The number of hydrogen-bond donors (Lipinski definition) is 1. The number of hydrogen-bond acceptors (Lipinski definition) is 5. The quantitative estimate of drug-likeness (QED) is 0.320. The molecule has 4 rings (SSSR count). The van der Waals surface area contributed by atoms with E-state index in [1.807, 2.05) is 0 Å². The van der Waals surface area contributed by atoms with Gasteiger partial charge in [0.25, 0.3) is 11.7 Å². The number of aliphatic hydroxyl groups is 1. The Labute approximate surface area is 194 Å². The van der Waals surface area contributed by atoms with E-state index in [0.29, 0.717) is 17.1 Å². The molecular formula is C25H19ClFNO5. The number of carbonyl (C=O) groups excluding carboxylic acids is 2. The van der Waals surface area contributed by atoms with Crippen molar-refractivity contribution < 1.29 is 28.6 Å². The third-order valence-corrected chi connectivity index (χ3v) is 5.69. The minimum absolute atomic E-state index is 0.141. The summed E-state index contributed by atoms with van der Waals surface area (Å²) in [7, 11) is 2.93. The largest absolute Gasteiger partial charge is 0.507 e. The van der Waals surface area contributed by atoms with Gasteiger partial charge in [-0.2, -0.15) is 0 Å². The van der Waals surface area contributed by atoms with Crippen molar-refractivity contribution in [3.05, 3.63) is 94.3 Å². The van der Waals surface area contributed by atoms with Gasteiger partial charge in [0, 0.05) is 5.69 Å². The molecule has 0 radical (unpaired) electrons. The number of carbonyl (C=O) groups is 2. The van der Waals surface area contributed by atoms with Crippen LogP contribution in [0, 0.1) is 5.82 Å². The number of ether oxygens (including phenoxy) is 2. The van der Waals surface area contributed by atoms with Crippen molar-refractivity contribution in [2.24, 2.45) is 0 Å². The van der Waals surface area contributed by atoms with Crippen molar-refractivity contribution in [3.8, 4) is 11.5 Å². The summed E-state index contributed by atoms with van der Waals surface area (Å²) in [6.45, 7) is 0. The summed E-state index contributed by atoms with van der Waals surface area (Å²) in [5.41, 5.74) is 0.821. The van der Waals surface area contributed by atoms with Gasteiger partial charge in [-0.15, -0.1) is 0 Å². The molecule has 0 aromatic heterocycles. The van der Waals surface area contributed by atoms with Crippen LogP contribution in [0.25, 0.3) is 5.76 Å². The zero-order valence-corrected chi connectivity index (χ0v) is 18.5. The second-order valence-electron chi connectivity index (χ2n) is 7.24. The first-order chi connectivity index (χ1) is 15.9. The Balaban J connectivity index is 1.99. The summed E-state index contributed by atoms with van der Waals surface area (Å²) in [6.07, 6.45) is 0. The van der Waals surface area contributed by atoms with E-state index in [1.54, 1.807) is 48.5 Å². The number of nitrogens with zero attached hydrogens (tertiary/aromatic N) is 1. The van der Waals surface area contributed by atoms with Crippen LogP contribution in [0.15, 0.2) is 72.3 Å². The second-order valence-corrected chi connectivity index (χ2v) is 7.65. The van der Waals surface area contributed by atoms with Crippen LogP contribution >= 0.6 is 11.6 Å². The van der Waals surface area contributed by atoms with E-state index in [-0.39, 0.29) is 21.8 Å². The fraction of sp³-hybridized carbons (Fsp3) is 0.120. The lowest BCUT2D eigenvalue weighted by Gasteiger charge is -2.26. The molecule has 1 saturated heterocycles. The number of ketones is 1. The highest BCUT2D eigenvalue weighted by molar-refractivity contribution is 6.51. The highest BCUT2D eigenvalue weighted by Crippen LogP contribution is 2.44. The topological polar surface area (TPSA) is 76.1 Å². The monoisotopic (exact) mass is 467 g/mol. The predicted molar refractivity (Wildman–Crippen MR) is 122 cm³/mol. The highest BCUT2D eigenvalue weighted by atomic mass is 35.5. The smallest absolute Gasteiger partial charge is 0.300 e. The summed E-state index contributed by atoms with van der Waals surface area (Å²) in [4.78, 5) is 27.6. The first-order valence-electron chi connectivity index (χ1n) is 9.90. The van der Waals surface area contributed by atoms with E-state index >= 15 is 0 Å². The maximum Gasteiger partial charge on any atom is 0.300 e. The van der Waals surface area contributed by atoms with Crippen LogP contribution in [0.2, 0.25) is 5.02 Å². The third-order valence-electron chi connectivity index (χ3n) is 5.40. The average molecular weight is 468 g/mol. The zero-order valence-electron chi connectivity index (χ0n) is 17.7. The van der Waals surface area contributed by atoms with Crippen LogP contribution < -0.4 is 14.4 Å². The molecule has 1 heterocycles. The van der Waals surface area contributed by atoms with Crippen LogP contribution in [0.4, 0.5) is 10.1 Å². The Hall–Kier alpha value is -3.84. The van der Waals surface area contributed by atoms with Gasteiger partial charge in [0.15, 0.2) is 0 Å². The number of amides is 1. The lowest BCUT2D eigenvalue weighted by Crippen LogP contribution is -2.29. The van der Waals surface area contributed by atoms with Gasteiger partial charge in [0.2, 0.25) is 0 Å². The number of benzene rings is 3. The Bertz CT molecular complexity index is 1290. The van der Waals surface area contributed by atoms with Gasteiger partial charge in [0.05, 0.1) is 36.4 Å². The van der Waals surface area contributed by atoms with E-state index in [4.69, 9.17) is 21.1 Å². The van der Waals surface area contributed by atoms with E-state index < -0.39 is 29.3 Å². The Morgan fingerprint density at radius 3 is 2.45 bits per heavy atom. The van der Waals surface area contributed by atoms with Crippen molar-refractivity contribution in [3.63, 3.8) is 0 Å². The van der Waals surface area contributed by atoms with E-state index in [9.17, 15) is 19.1 Å². The molecule has 0 saturated carbocycles. The molecule has 0 spiro atoms. The van der Waals surface area contributed by atoms with Crippen LogP contribution in [-0.2, 0) is 9.59 Å². The maximum absolute atomic E-state index is 13.8. The van der Waals surface area contributed by atoms with Gasteiger partial charge >= 0.3 is 0 Å². The third kappa shape index (κ3) is 3.91. The number of methoxy groups -OCH3 is 2. The lowest BCUT2D eigenvalue weighted by atomic mass is 9.94. The van der Waals surface area contributed by atoms with Crippen molar-refractivity contribution in [1.82, 2.24) is 0 Å². The number of aliphatic hydroxyl groups excluding tert-OH is 1. The van der Waals surface area contributed by atoms with Gasteiger partial charge in [-0.05, 0) is 48.0 Å². The molecule has 3 aromatic rings. The molecule has 33 heavy (non-hydrogen) atoms. The molecule has 3 aromatic carbocycles. The fourth-order valence-corrected chi connectivity index (χ4v) is 4.02. The predicted octanol–water partition coefficient (Wildman–Crippen LogP) is 5.12. The standard InChI is InChI=1S/C25H19ClFNO5/c1-32-16-7-5-6-14(12-16)22-21(23(29)17-8-3-4-9-20(17)33-2)24(30)25(31)28(22)15-10-11-19(27)18(26)13-15/h3-13,22,29H,1-2H3/b23-21+. The van der Waals surface area contributed by atoms with Gasteiger partial charge in [0.1, 0.15) is 23.1 Å². The first kappa shape index (κ1) is 22.4. The summed E-state index contributed by atoms with van der Waals surface area (Å²) in [5, 5.41) is 11.0. The molecule has 6 nitrogen and oxygen atoms in total. The number of anilines is 1. The first-order valence-corrected chi connectivity index (χ1v) is 10.3. The average Bonchev–Trinajstić information content (AvgIpc) is 3.10. The van der Waals surface area contributed by atoms with Crippen molar-refractivity contribution >= 4 is 34.7 Å². The summed E-state index contributed by atoms with van der Waals surface area (Å²) >= 11 is 5.96. The number of para-hydroxylation sites is 1. The summed E-state index contributed by atoms with van der Waals surface area (Å²) in [6, 6.07) is 16.1. The van der Waals surface area contributed by atoms with Crippen LogP contribution in [0.1, 0.15) is 17.2 Å². The number of rotatable bonds is 5. The SMILES string of the molecule is COc1cccc(C2/C(=C(\O)c3ccccc3OC)C(=O)C(=O)N2c2ccc(F)c(Cl)c2)c1. The van der Waals surface area contributed by atoms with Crippen LogP contribution in [-0.4, -0.2) is 31.0 Å². The minimum Gasteiger partial charge on any atom is -0.507 e. The van der Waals surface area contributed by atoms with Gasteiger partial charge in [-0.3, -0.25) is 14.5 Å². The fourth-order valence-electron chi connectivity index (χ4n) is 3.85. The molecule has 1 aliphatic heterocycles. The normalized spacial score (nSPS) is 17.3. The zero-order chi connectivity index (χ0) is 23.7. The molecule has 8 heteroatoms. The summed E-state index contributed by atoms with van der Waals surface area (Å²) < 4.78 is 24.4. The van der Waals surface area contributed by atoms with Crippen LogP contribution in [0.5, 0.6) is 11.5 Å². The van der Waals surface area contributed by atoms with Crippen molar-refractivity contribution in [1.29, 1.82) is 0 Å². The highest BCUT2D eigenvalue weighted by Gasteiger charge is 2.47. The molecule has 1 atom stereocenters. The van der Waals surface area contributed by atoms with E-state index in [2.05, 4.69) is 0 Å². The molecule has 0 aliphatic carbocycles. The Morgan fingerprint density at radius 1 is 1.00 bits per heavy atom. The number of halogens is 2. The Kier molecular flexibility index (Phi) is 6.07. The molecule has 1 N–H and O–H groups in total. The Morgan fingerprint density at radius 2 is 1.76 bits per heavy atom. The van der Waals surface area contributed by atoms with Crippen LogP contribution in [0.3, 0.4) is 0 Å². The van der Waals surface area contributed by atoms with E-state index in [1.165, 1.54) is 31.3 Å². The molecule has 1 fully saturated rings. The van der Waals surface area contributed by atoms with Gasteiger partial charge in [-0.25, -0.2) is 4.39 Å². The molecule has 1 aliphatic rings. The van der Waals surface area contributed by atoms with Crippen molar-refractivity contribution in [2.45, 2.75) is 6.04 Å². The molecule has 168 valence electrons. The summed E-state index contributed by atoms with van der Waals surface area (Å²) in [5.74, 6) is -2.02. The molecular weight excluding hydrogens is 449 g/mol.